The van der Waals surface area contributed by atoms with Gasteiger partial charge in [-0.25, -0.2) is 0 Å². The van der Waals surface area contributed by atoms with Crippen molar-refractivity contribution >= 4 is 41.3 Å². The van der Waals surface area contributed by atoms with Crippen molar-refractivity contribution in [2.75, 3.05) is 0 Å². The van der Waals surface area contributed by atoms with Gasteiger partial charge in [-0.1, -0.05) is 12.8 Å². The van der Waals surface area contributed by atoms with Gasteiger partial charge in [0.2, 0.25) is 0 Å². The second kappa shape index (κ2) is 3.91. The molecule has 1 N–H and O–H groups in total. The van der Waals surface area contributed by atoms with Crippen molar-refractivity contribution in [3.8, 4) is 0 Å². The summed E-state index contributed by atoms with van der Waals surface area (Å²) in [5.74, 6) is -0.237. The number of thiol groups is 1. The molecule has 0 bridgehead atoms. The molecule has 5 heteroatoms. The second-order valence-electron chi connectivity index (χ2n) is 1.83. The second-order valence-corrected chi connectivity index (χ2v) is 3.30. The number of pyridine rings is 1. The number of aromatic nitrogens is 1. The monoisotopic (exact) mass is 280 g/mol. The predicted molar refractivity (Wildman–Crippen MR) is 53.4 cm³/mol. The van der Waals surface area contributed by atoms with Crippen molar-refractivity contribution in [2.45, 2.75) is 0 Å². The Labute approximate surface area is 83.3 Å². The molecule has 0 unspecified atom stereocenters. The summed E-state index contributed by atoms with van der Waals surface area (Å²) in [6.45, 7) is 0. The highest BCUT2D eigenvalue weighted by Gasteiger charge is 2.02. The van der Waals surface area contributed by atoms with Gasteiger partial charge in [0.25, 0.3) is 5.91 Å². The number of halogens is 1. The molecule has 0 aliphatic carbocycles. The summed E-state index contributed by atoms with van der Waals surface area (Å²) in [6, 6.07) is 1.74. The van der Waals surface area contributed by atoms with Crippen LogP contribution >= 0.6 is 35.4 Å². The van der Waals surface area contributed by atoms with E-state index in [1.165, 1.54) is 6.20 Å². The lowest BCUT2D eigenvalue weighted by Crippen LogP contribution is -2.12. The minimum Gasteiger partial charge on any atom is -0.299 e. The Bertz CT molecular complexity index is 279. The van der Waals surface area contributed by atoms with Crippen molar-refractivity contribution in [1.29, 1.82) is 0 Å². The van der Waals surface area contributed by atoms with Crippen LogP contribution in [-0.4, -0.2) is 10.9 Å². The van der Waals surface area contributed by atoms with Crippen LogP contribution in [0, 0.1) is 3.57 Å². The van der Waals surface area contributed by atoms with Crippen molar-refractivity contribution in [3.05, 3.63) is 27.6 Å². The average Bonchev–Trinajstić information content (AvgIpc) is 2.03. The lowest BCUT2D eigenvalue weighted by Gasteiger charge is -1.96. The molecular weight excluding hydrogens is 275 g/mol. The van der Waals surface area contributed by atoms with Crippen molar-refractivity contribution in [2.24, 2.45) is 0 Å². The molecule has 1 rings (SSSR count). The summed E-state index contributed by atoms with van der Waals surface area (Å²) in [6.07, 6.45) is 3.17. The third-order valence-electron chi connectivity index (χ3n) is 1.07. The number of hydrogen-bond acceptors (Lipinski definition) is 3. The van der Waals surface area contributed by atoms with Crippen molar-refractivity contribution in [3.63, 3.8) is 0 Å². The van der Waals surface area contributed by atoms with Crippen LogP contribution in [0.1, 0.15) is 10.4 Å². The molecule has 0 fully saturated rings. The maximum atomic E-state index is 10.9. The Morgan fingerprint density at radius 2 is 2.36 bits per heavy atom. The van der Waals surface area contributed by atoms with Gasteiger partial charge >= 0.3 is 0 Å². The van der Waals surface area contributed by atoms with Gasteiger partial charge in [-0.15, -0.1) is 0 Å². The van der Waals surface area contributed by atoms with Gasteiger partial charge in [-0.3, -0.25) is 14.5 Å². The molecule has 0 aliphatic heterocycles. The molecule has 58 valence electrons. The normalized spacial score (nSPS) is 9.27. The predicted octanol–water partition coefficient (Wildman–Crippen LogP) is 1.26. The van der Waals surface area contributed by atoms with E-state index in [2.05, 4.69) is 45.1 Å². The number of carbonyl (C=O) groups excluding carboxylic acids is 1. The van der Waals surface area contributed by atoms with Gasteiger partial charge in [-0.2, -0.15) is 0 Å². The van der Waals surface area contributed by atoms with Gasteiger partial charge in [0.05, 0.1) is 5.56 Å². The fourth-order valence-electron chi connectivity index (χ4n) is 0.601. The van der Waals surface area contributed by atoms with Gasteiger partial charge in [0.15, 0.2) is 0 Å². The standard InChI is InChI=1S/C6H5IN2OS/c7-5-1-4(2-8-3-5)6(10)9-11/h1-3,11H,(H,9,10). The zero-order chi connectivity index (χ0) is 8.27. The molecule has 1 aromatic heterocycles. The van der Waals surface area contributed by atoms with E-state index in [-0.39, 0.29) is 5.91 Å². The van der Waals surface area contributed by atoms with Gasteiger partial charge in [-0.05, 0) is 28.7 Å². The molecule has 1 amide bonds. The lowest BCUT2D eigenvalue weighted by molar-refractivity contribution is 0.0984. The van der Waals surface area contributed by atoms with E-state index in [0.29, 0.717) is 5.56 Å². The van der Waals surface area contributed by atoms with Crippen LogP contribution in [0.15, 0.2) is 18.5 Å². The van der Waals surface area contributed by atoms with E-state index in [4.69, 9.17) is 0 Å². The quantitative estimate of drug-likeness (QED) is 0.600. The molecule has 0 saturated carbocycles. The van der Waals surface area contributed by atoms with Crippen LogP contribution < -0.4 is 4.72 Å². The summed E-state index contributed by atoms with van der Waals surface area (Å²) in [7, 11) is 0. The Morgan fingerprint density at radius 3 is 2.91 bits per heavy atom. The summed E-state index contributed by atoms with van der Waals surface area (Å²) < 4.78 is 3.15. The smallest absolute Gasteiger partial charge is 0.262 e. The average molecular weight is 280 g/mol. The molecule has 0 atom stereocenters. The topological polar surface area (TPSA) is 42.0 Å². The Kier molecular flexibility index (Phi) is 3.13. The summed E-state index contributed by atoms with van der Waals surface area (Å²) >= 11 is 5.72. The molecule has 0 spiro atoms. The highest BCUT2D eigenvalue weighted by molar-refractivity contribution is 14.1. The number of amides is 1. The van der Waals surface area contributed by atoms with Crippen molar-refractivity contribution < 1.29 is 4.79 Å². The summed E-state index contributed by atoms with van der Waals surface area (Å²) in [5.41, 5.74) is 0.520. The van der Waals surface area contributed by atoms with Crippen LogP contribution in [0.25, 0.3) is 0 Å². The Hall–Kier alpha value is -0.300. The van der Waals surface area contributed by atoms with E-state index < -0.39 is 0 Å². The first-order valence-corrected chi connectivity index (χ1v) is 4.31. The number of nitrogens with zero attached hydrogens (tertiary/aromatic N) is 1. The number of rotatable bonds is 1. The van der Waals surface area contributed by atoms with Crippen LogP contribution in [-0.2, 0) is 0 Å². The minimum absolute atomic E-state index is 0.237. The summed E-state index contributed by atoms with van der Waals surface area (Å²) in [5, 5.41) is 0. The third-order valence-corrected chi connectivity index (χ3v) is 1.86. The zero-order valence-electron chi connectivity index (χ0n) is 5.41. The Balaban J connectivity index is 2.96. The highest BCUT2D eigenvalue weighted by atomic mass is 127. The SMILES string of the molecule is O=C(NS)c1cncc(I)c1. The number of nitrogens with one attached hydrogen (secondary N) is 1. The third kappa shape index (κ3) is 2.33. The fourth-order valence-corrected chi connectivity index (χ4v) is 1.23. The van der Waals surface area contributed by atoms with Crippen molar-refractivity contribution in [1.82, 2.24) is 9.71 Å². The lowest BCUT2D eigenvalue weighted by atomic mass is 10.3. The largest absolute Gasteiger partial charge is 0.299 e. The van der Waals surface area contributed by atoms with E-state index in [1.54, 1.807) is 12.3 Å². The molecule has 3 nitrogen and oxygen atoms in total. The number of hydrogen-bond donors (Lipinski definition) is 2. The fraction of sp³-hybridized carbons (Fsp3) is 0. The van der Waals surface area contributed by atoms with Crippen LogP contribution in [0.5, 0.6) is 0 Å². The van der Waals surface area contributed by atoms with E-state index in [9.17, 15) is 4.79 Å². The molecule has 11 heavy (non-hydrogen) atoms. The molecule has 0 radical (unpaired) electrons. The van der Waals surface area contributed by atoms with Gasteiger partial charge in [0, 0.05) is 16.0 Å². The first-order chi connectivity index (χ1) is 5.24. The van der Waals surface area contributed by atoms with Crippen LogP contribution in [0.3, 0.4) is 0 Å². The molecule has 1 heterocycles. The molecule has 0 aliphatic rings. The summed E-state index contributed by atoms with van der Waals surface area (Å²) in [4.78, 5) is 14.8. The van der Waals surface area contributed by atoms with E-state index in [0.717, 1.165) is 3.57 Å². The number of carbonyl (C=O) groups is 1. The Morgan fingerprint density at radius 1 is 1.64 bits per heavy atom. The highest BCUT2D eigenvalue weighted by Crippen LogP contribution is 2.04. The molecule has 1 aromatic rings. The minimum atomic E-state index is -0.237. The molecule has 0 saturated heterocycles. The van der Waals surface area contributed by atoms with Gasteiger partial charge in [0.1, 0.15) is 0 Å². The molecular formula is C6H5IN2OS. The van der Waals surface area contributed by atoms with E-state index in [1.807, 2.05) is 0 Å². The molecule has 0 aromatic carbocycles. The van der Waals surface area contributed by atoms with Gasteiger partial charge < -0.3 is 0 Å². The first kappa shape index (κ1) is 8.79. The zero-order valence-corrected chi connectivity index (χ0v) is 8.46. The van der Waals surface area contributed by atoms with E-state index >= 15 is 0 Å². The maximum Gasteiger partial charge on any atom is 0.262 e. The maximum absolute atomic E-state index is 10.9. The van der Waals surface area contributed by atoms with Crippen LogP contribution in [0.2, 0.25) is 0 Å². The first-order valence-electron chi connectivity index (χ1n) is 2.79. The van der Waals surface area contributed by atoms with Crippen LogP contribution in [0.4, 0.5) is 0 Å².